The Kier molecular flexibility index (Phi) is 4.54. The molecule has 1 heterocycles. The van der Waals surface area contributed by atoms with Crippen LogP contribution in [0.1, 0.15) is 39.3 Å². The molecular formula is C11H21N3S. The lowest BCUT2D eigenvalue weighted by Gasteiger charge is -2.28. The van der Waals surface area contributed by atoms with E-state index in [2.05, 4.69) is 36.5 Å². The predicted octanol–water partition coefficient (Wildman–Crippen LogP) is 2.63. The van der Waals surface area contributed by atoms with Gasteiger partial charge in [0.15, 0.2) is 5.13 Å². The summed E-state index contributed by atoms with van der Waals surface area (Å²) >= 11 is 1.68. The third-order valence-corrected chi connectivity index (χ3v) is 3.61. The second-order valence-corrected chi connectivity index (χ2v) is 4.93. The van der Waals surface area contributed by atoms with E-state index in [9.17, 15) is 0 Å². The van der Waals surface area contributed by atoms with E-state index >= 15 is 0 Å². The number of hydrogen-bond donors (Lipinski definition) is 2. The van der Waals surface area contributed by atoms with Gasteiger partial charge < -0.3 is 11.1 Å². The third-order valence-electron chi connectivity index (χ3n) is 2.80. The number of nitrogens with zero attached hydrogens (tertiary/aromatic N) is 1. The molecule has 15 heavy (non-hydrogen) atoms. The first kappa shape index (κ1) is 12.5. The average Bonchev–Trinajstić information content (AvgIpc) is 2.66. The predicted molar refractivity (Wildman–Crippen MR) is 67.5 cm³/mol. The van der Waals surface area contributed by atoms with Gasteiger partial charge in [0.1, 0.15) is 0 Å². The number of aryl methyl sites for hydroxylation is 1. The molecule has 1 aromatic rings. The van der Waals surface area contributed by atoms with Crippen molar-refractivity contribution in [2.45, 2.75) is 45.6 Å². The van der Waals surface area contributed by atoms with Gasteiger partial charge in [-0.05, 0) is 32.7 Å². The molecule has 86 valence electrons. The molecule has 0 aliphatic rings. The fourth-order valence-electron chi connectivity index (χ4n) is 1.43. The highest BCUT2D eigenvalue weighted by Crippen LogP contribution is 2.24. The Morgan fingerprint density at radius 1 is 1.53 bits per heavy atom. The van der Waals surface area contributed by atoms with Crippen LogP contribution in [0.4, 0.5) is 5.13 Å². The number of thiazole rings is 1. The molecule has 1 atom stereocenters. The topological polar surface area (TPSA) is 50.9 Å². The Labute approximate surface area is 96.1 Å². The first-order chi connectivity index (χ1) is 7.13. The quantitative estimate of drug-likeness (QED) is 0.785. The molecule has 1 aromatic heterocycles. The molecule has 0 aromatic carbocycles. The van der Waals surface area contributed by atoms with Crippen molar-refractivity contribution in [3.8, 4) is 0 Å². The van der Waals surface area contributed by atoms with E-state index in [0.717, 1.165) is 30.1 Å². The molecule has 0 radical (unpaired) electrons. The summed E-state index contributed by atoms with van der Waals surface area (Å²) in [6.45, 7) is 7.21. The molecule has 0 saturated heterocycles. The standard InChI is InChI=1S/C11H21N3S/c1-4-9-8-15-10(13-9)14-11(3,5-2)6-7-12/h8H,4-7,12H2,1-3H3,(H,13,14). The summed E-state index contributed by atoms with van der Waals surface area (Å²) < 4.78 is 0. The zero-order valence-electron chi connectivity index (χ0n) is 9.84. The summed E-state index contributed by atoms with van der Waals surface area (Å²) in [6, 6.07) is 0. The van der Waals surface area contributed by atoms with Crippen LogP contribution in [0.2, 0.25) is 0 Å². The monoisotopic (exact) mass is 227 g/mol. The van der Waals surface area contributed by atoms with Crippen LogP contribution in [0.25, 0.3) is 0 Å². The minimum atomic E-state index is 0.0810. The first-order valence-electron chi connectivity index (χ1n) is 5.56. The highest BCUT2D eigenvalue weighted by Gasteiger charge is 2.21. The average molecular weight is 227 g/mol. The number of nitrogens with one attached hydrogen (secondary N) is 1. The molecule has 3 N–H and O–H groups in total. The van der Waals surface area contributed by atoms with Crippen molar-refractivity contribution in [3.63, 3.8) is 0 Å². The van der Waals surface area contributed by atoms with Crippen molar-refractivity contribution in [2.75, 3.05) is 11.9 Å². The number of nitrogens with two attached hydrogens (primary N) is 1. The van der Waals surface area contributed by atoms with Gasteiger partial charge in [0, 0.05) is 10.9 Å². The Morgan fingerprint density at radius 3 is 2.73 bits per heavy atom. The molecule has 3 nitrogen and oxygen atoms in total. The van der Waals surface area contributed by atoms with Crippen LogP contribution < -0.4 is 11.1 Å². The van der Waals surface area contributed by atoms with Gasteiger partial charge >= 0.3 is 0 Å². The second-order valence-electron chi connectivity index (χ2n) is 4.08. The summed E-state index contributed by atoms with van der Waals surface area (Å²) in [7, 11) is 0. The van der Waals surface area contributed by atoms with Gasteiger partial charge in [0.05, 0.1) is 5.69 Å². The number of hydrogen-bond acceptors (Lipinski definition) is 4. The Bertz CT molecular complexity index is 298. The van der Waals surface area contributed by atoms with Gasteiger partial charge in [-0.3, -0.25) is 0 Å². The molecule has 0 amide bonds. The summed E-state index contributed by atoms with van der Waals surface area (Å²) in [5, 5.41) is 6.62. The van der Waals surface area contributed by atoms with Crippen LogP contribution in [-0.4, -0.2) is 17.1 Å². The largest absolute Gasteiger partial charge is 0.356 e. The van der Waals surface area contributed by atoms with Crippen molar-refractivity contribution in [2.24, 2.45) is 5.73 Å². The van der Waals surface area contributed by atoms with Gasteiger partial charge in [0.25, 0.3) is 0 Å². The second kappa shape index (κ2) is 5.47. The maximum atomic E-state index is 5.62. The van der Waals surface area contributed by atoms with Crippen LogP contribution in [-0.2, 0) is 6.42 Å². The van der Waals surface area contributed by atoms with Crippen molar-refractivity contribution < 1.29 is 0 Å². The molecule has 0 spiro atoms. The third kappa shape index (κ3) is 3.47. The molecule has 0 aliphatic heterocycles. The SMILES string of the molecule is CCc1csc(NC(C)(CC)CCN)n1. The van der Waals surface area contributed by atoms with Crippen LogP contribution in [0.3, 0.4) is 0 Å². The summed E-state index contributed by atoms with van der Waals surface area (Å²) in [6.07, 6.45) is 3.04. The summed E-state index contributed by atoms with van der Waals surface area (Å²) in [5.41, 5.74) is 6.86. The normalized spacial score (nSPS) is 14.9. The van der Waals surface area contributed by atoms with E-state index in [0.29, 0.717) is 6.54 Å². The Morgan fingerprint density at radius 2 is 2.27 bits per heavy atom. The van der Waals surface area contributed by atoms with Gasteiger partial charge in [0.2, 0.25) is 0 Å². The maximum absolute atomic E-state index is 5.62. The van der Waals surface area contributed by atoms with E-state index in [1.807, 2.05) is 0 Å². The van der Waals surface area contributed by atoms with Crippen LogP contribution in [0.15, 0.2) is 5.38 Å². The van der Waals surface area contributed by atoms with E-state index in [1.165, 1.54) is 0 Å². The van der Waals surface area contributed by atoms with E-state index in [-0.39, 0.29) is 5.54 Å². The highest BCUT2D eigenvalue weighted by molar-refractivity contribution is 7.13. The molecule has 1 rings (SSSR count). The van der Waals surface area contributed by atoms with E-state index in [1.54, 1.807) is 11.3 Å². The zero-order valence-corrected chi connectivity index (χ0v) is 10.7. The molecule has 0 bridgehead atoms. The maximum Gasteiger partial charge on any atom is 0.183 e. The van der Waals surface area contributed by atoms with Crippen molar-refractivity contribution in [1.82, 2.24) is 4.98 Å². The molecule has 4 heteroatoms. The fraction of sp³-hybridized carbons (Fsp3) is 0.727. The Hall–Kier alpha value is -0.610. The smallest absolute Gasteiger partial charge is 0.183 e. The van der Waals surface area contributed by atoms with Gasteiger partial charge in [-0.2, -0.15) is 0 Å². The zero-order chi connectivity index (χ0) is 11.3. The molecule has 1 unspecified atom stereocenters. The minimum absolute atomic E-state index is 0.0810. The van der Waals surface area contributed by atoms with Gasteiger partial charge in [-0.1, -0.05) is 13.8 Å². The lowest BCUT2D eigenvalue weighted by atomic mass is 9.95. The van der Waals surface area contributed by atoms with Gasteiger partial charge in [-0.15, -0.1) is 11.3 Å². The lowest BCUT2D eigenvalue weighted by molar-refractivity contribution is 0.463. The molecule has 0 fully saturated rings. The van der Waals surface area contributed by atoms with Gasteiger partial charge in [-0.25, -0.2) is 4.98 Å². The number of aromatic nitrogens is 1. The van der Waals surface area contributed by atoms with Crippen LogP contribution >= 0.6 is 11.3 Å². The van der Waals surface area contributed by atoms with E-state index in [4.69, 9.17) is 5.73 Å². The van der Waals surface area contributed by atoms with Crippen LogP contribution in [0.5, 0.6) is 0 Å². The first-order valence-corrected chi connectivity index (χ1v) is 6.44. The molecular weight excluding hydrogens is 206 g/mol. The van der Waals surface area contributed by atoms with E-state index < -0.39 is 0 Å². The summed E-state index contributed by atoms with van der Waals surface area (Å²) in [5.74, 6) is 0. The number of rotatable bonds is 6. The molecule has 0 saturated carbocycles. The van der Waals surface area contributed by atoms with Crippen molar-refractivity contribution >= 4 is 16.5 Å². The number of anilines is 1. The fourth-order valence-corrected chi connectivity index (χ4v) is 2.37. The molecule has 0 aliphatic carbocycles. The Balaban J connectivity index is 2.65. The minimum Gasteiger partial charge on any atom is -0.356 e. The highest BCUT2D eigenvalue weighted by atomic mass is 32.1. The van der Waals surface area contributed by atoms with Crippen molar-refractivity contribution in [1.29, 1.82) is 0 Å². The van der Waals surface area contributed by atoms with Crippen molar-refractivity contribution in [3.05, 3.63) is 11.1 Å². The lowest BCUT2D eigenvalue weighted by Crippen LogP contribution is -2.36. The summed E-state index contributed by atoms with van der Waals surface area (Å²) in [4.78, 5) is 4.51. The van der Waals surface area contributed by atoms with Crippen LogP contribution in [0, 0.1) is 0 Å².